The lowest BCUT2D eigenvalue weighted by Crippen LogP contribution is -2.45. The summed E-state index contributed by atoms with van der Waals surface area (Å²) in [6.07, 6.45) is 90.5. The van der Waals surface area contributed by atoms with E-state index in [2.05, 4.69) is 55.6 Å². The van der Waals surface area contributed by atoms with Crippen molar-refractivity contribution in [2.24, 2.45) is 0 Å². The van der Waals surface area contributed by atoms with Crippen LogP contribution in [0.3, 0.4) is 0 Å². The number of carbonyl (C=O) groups is 2. The molecular weight excluding hydrogens is 983 g/mol. The largest absolute Gasteiger partial charge is 0.466 e. The summed E-state index contributed by atoms with van der Waals surface area (Å²) < 4.78 is 5.49. The van der Waals surface area contributed by atoms with Gasteiger partial charge in [0.25, 0.3) is 0 Å². The van der Waals surface area contributed by atoms with Gasteiger partial charge in [0.2, 0.25) is 5.91 Å². The maximum Gasteiger partial charge on any atom is 0.305 e. The number of ether oxygens (including phenoxy) is 1. The van der Waals surface area contributed by atoms with Crippen molar-refractivity contribution in [3.8, 4) is 0 Å². The van der Waals surface area contributed by atoms with E-state index in [1.165, 1.54) is 308 Å². The summed E-state index contributed by atoms with van der Waals surface area (Å²) in [4.78, 5) is 24.6. The van der Waals surface area contributed by atoms with Crippen molar-refractivity contribution in [1.82, 2.24) is 5.32 Å². The van der Waals surface area contributed by atoms with Gasteiger partial charge in [-0.05, 0) is 89.9 Å². The first-order valence-corrected chi connectivity index (χ1v) is 35.9. The average molecular weight is 1120 g/mol. The minimum atomic E-state index is -0.844. The summed E-state index contributed by atoms with van der Waals surface area (Å²) in [5, 5.41) is 23.2. The summed E-state index contributed by atoms with van der Waals surface area (Å²) >= 11 is 0. The molecule has 0 aromatic carbocycles. The Morgan fingerprint density at radius 1 is 0.350 bits per heavy atom. The third-order valence-electron chi connectivity index (χ3n) is 16.6. The van der Waals surface area contributed by atoms with E-state index in [0.717, 1.165) is 51.4 Å². The number of amides is 1. The number of nitrogens with one attached hydrogen (secondary N) is 1. The second kappa shape index (κ2) is 69.3. The first kappa shape index (κ1) is 77.8. The summed E-state index contributed by atoms with van der Waals surface area (Å²) in [5.74, 6) is -0.0598. The molecule has 0 saturated heterocycles. The summed E-state index contributed by atoms with van der Waals surface area (Å²) in [6.45, 7) is 4.91. The van der Waals surface area contributed by atoms with Gasteiger partial charge in [-0.3, -0.25) is 9.59 Å². The Balaban J connectivity index is 3.38. The molecule has 0 heterocycles. The number of unbranched alkanes of at least 4 members (excludes halogenated alkanes) is 50. The maximum absolute atomic E-state index is 12.5. The molecule has 0 aliphatic rings. The van der Waals surface area contributed by atoms with Crippen LogP contribution in [-0.2, 0) is 14.3 Å². The summed E-state index contributed by atoms with van der Waals surface area (Å²) in [7, 11) is 0. The highest BCUT2D eigenvalue weighted by molar-refractivity contribution is 5.76. The van der Waals surface area contributed by atoms with Gasteiger partial charge < -0.3 is 20.3 Å². The van der Waals surface area contributed by atoms with Crippen molar-refractivity contribution in [2.45, 2.75) is 398 Å². The lowest BCUT2D eigenvalue weighted by atomic mass is 10.0. The van der Waals surface area contributed by atoms with E-state index < -0.39 is 12.1 Å². The Bertz CT molecular complexity index is 1340. The molecular formula is C74H139NO5. The van der Waals surface area contributed by atoms with Gasteiger partial charge in [-0.1, -0.05) is 332 Å². The molecule has 1 amide bonds. The zero-order valence-corrected chi connectivity index (χ0v) is 53.8. The van der Waals surface area contributed by atoms with Crippen LogP contribution in [-0.4, -0.2) is 47.4 Å². The van der Waals surface area contributed by atoms with Gasteiger partial charge in [-0.2, -0.15) is 0 Å². The molecule has 6 heteroatoms. The van der Waals surface area contributed by atoms with E-state index in [4.69, 9.17) is 4.74 Å². The quantitative estimate of drug-likeness (QED) is 0.0320. The average Bonchev–Trinajstić information content (AvgIpc) is 3.46. The van der Waals surface area contributed by atoms with Gasteiger partial charge in [0.1, 0.15) is 0 Å². The Labute approximate surface area is 499 Å². The molecule has 0 aromatic rings. The number of rotatable bonds is 67. The topological polar surface area (TPSA) is 95.9 Å². The molecule has 470 valence electrons. The first-order valence-electron chi connectivity index (χ1n) is 35.9. The standard InChI is InChI=1S/C74H139NO5/c1-3-5-7-9-11-13-15-17-19-38-42-46-50-54-58-62-66-72(77)71(70-76)75-73(78)67-63-59-55-51-47-43-39-36-34-32-30-28-26-24-22-21-23-25-27-29-31-33-35-37-41-45-49-53-57-61-65-69-80-74(79)68-64-60-56-52-48-44-40-20-18-16-14-12-10-8-6-4-2/h14,16,20,23,25,40,62,66,71-72,76-77H,3-13,15,17-19,21-22,24,26-39,41-61,63-65,67-70H2,1-2H3,(H,75,78)/b16-14-,25-23-,40-20-,66-62+. The molecule has 0 rings (SSSR count). The van der Waals surface area contributed by atoms with Gasteiger partial charge in [0.15, 0.2) is 0 Å². The van der Waals surface area contributed by atoms with E-state index in [-0.39, 0.29) is 18.5 Å². The fraction of sp³-hybridized carbons (Fsp3) is 0.865. The normalized spacial score (nSPS) is 12.8. The Morgan fingerprint density at radius 3 is 0.975 bits per heavy atom. The fourth-order valence-electron chi connectivity index (χ4n) is 11.1. The van der Waals surface area contributed by atoms with E-state index >= 15 is 0 Å². The number of carbonyl (C=O) groups excluding carboxylic acids is 2. The van der Waals surface area contributed by atoms with Gasteiger partial charge >= 0.3 is 5.97 Å². The number of hydrogen-bond donors (Lipinski definition) is 3. The summed E-state index contributed by atoms with van der Waals surface area (Å²) in [5.41, 5.74) is 0. The highest BCUT2D eigenvalue weighted by Gasteiger charge is 2.18. The molecule has 2 unspecified atom stereocenters. The van der Waals surface area contributed by atoms with Crippen LogP contribution in [0.2, 0.25) is 0 Å². The lowest BCUT2D eigenvalue weighted by Gasteiger charge is -2.20. The molecule has 80 heavy (non-hydrogen) atoms. The highest BCUT2D eigenvalue weighted by atomic mass is 16.5. The molecule has 0 aromatic heterocycles. The Morgan fingerprint density at radius 2 is 0.625 bits per heavy atom. The third-order valence-corrected chi connectivity index (χ3v) is 16.6. The number of hydrogen-bond acceptors (Lipinski definition) is 5. The van der Waals surface area contributed by atoms with Crippen molar-refractivity contribution in [3.05, 3.63) is 48.6 Å². The molecule has 0 fully saturated rings. The smallest absolute Gasteiger partial charge is 0.305 e. The Kier molecular flexibility index (Phi) is 67.4. The third kappa shape index (κ3) is 65.0. The van der Waals surface area contributed by atoms with E-state index in [1.807, 2.05) is 6.08 Å². The fourth-order valence-corrected chi connectivity index (χ4v) is 11.1. The van der Waals surface area contributed by atoms with Crippen molar-refractivity contribution < 1.29 is 24.5 Å². The predicted molar refractivity (Wildman–Crippen MR) is 352 cm³/mol. The van der Waals surface area contributed by atoms with E-state index in [9.17, 15) is 19.8 Å². The molecule has 0 saturated carbocycles. The minimum Gasteiger partial charge on any atom is -0.466 e. The monoisotopic (exact) mass is 1120 g/mol. The molecule has 2 atom stereocenters. The van der Waals surface area contributed by atoms with Crippen LogP contribution in [0, 0.1) is 0 Å². The molecule has 0 bridgehead atoms. The van der Waals surface area contributed by atoms with Crippen LogP contribution in [0.4, 0.5) is 0 Å². The zero-order valence-electron chi connectivity index (χ0n) is 53.8. The van der Waals surface area contributed by atoms with E-state index in [0.29, 0.717) is 19.4 Å². The van der Waals surface area contributed by atoms with Crippen LogP contribution in [0.25, 0.3) is 0 Å². The number of aliphatic hydroxyl groups is 2. The summed E-state index contributed by atoms with van der Waals surface area (Å²) in [6, 6.07) is -0.627. The van der Waals surface area contributed by atoms with Crippen molar-refractivity contribution in [3.63, 3.8) is 0 Å². The maximum atomic E-state index is 12.5. The molecule has 0 aliphatic heterocycles. The van der Waals surface area contributed by atoms with Gasteiger partial charge in [0.05, 0.1) is 25.4 Å². The van der Waals surface area contributed by atoms with E-state index in [1.54, 1.807) is 6.08 Å². The number of esters is 1. The SMILES string of the molecule is CCCCCC/C=C\C/C=C\CCCCCCCC(=O)OCCCCCCCCCCCCCC/C=C\CCCCCCCCCCCCCCCCCC(=O)NC(CO)C(O)/C=C/CCCCCCCCCCCCCCCC. The molecule has 6 nitrogen and oxygen atoms in total. The molecule has 0 radical (unpaired) electrons. The van der Waals surface area contributed by atoms with Gasteiger partial charge in [0, 0.05) is 12.8 Å². The predicted octanol–water partition coefficient (Wildman–Crippen LogP) is 23.3. The van der Waals surface area contributed by atoms with Crippen LogP contribution >= 0.6 is 0 Å². The van der Waals surface area contributed by atoms with Crippen LogP contribution in [0.15, 0.2) is 48.6 Å². The Hall–Kier alpha value is -2.18. The van der Waals surface area contributed by atoms with Crippen molar-refractivity contribution in [1.29, 1.82) is 0 Å². The minimum absolute atomic E-state index is 0.00400. The van der Waals surface area contributed by atoms with Crippen molar-refractivity contribution >= 4 is 11.9 Å². The first-order chi connectivity index (χ1) is 39.5. The molecule has 0 spiro atoms. The van der Waals surface area contributed by atoms with Crippen LogP contribution in [0.1, 0.15) is 386 Å². The van der Waals surface area contributed by atoms with Crippen LogP contribution < -0.4 is 5.32 Å². The van der Waals surface area contributed by atoms with Crippen LogP contribution in [0.5, 0.6) is 0 Å². The lowest BCUT2D eigenvalue weighted by molar-refractivity contribution is -0.143. The molecule has 0 aliphatic carbocycles. The number of aliphatic hydroxyl groups excluding tert-OH is 2. The molecule has 3 N–H and O–H groups in total. The second-order valence-electron chi connectivity index (χ2n) is 24.6. The van der Waals surface area contributed by atoms with Gasteiger partial charge in [-0.15, -0.1) is 0 Å². The van der Waals surface area contributed by atoms with Crippen molar-refractivity contribution in [2.75, 3.05) is 13.2 Å². The van der Waals surface area contributed by atoms with Gasteiger partial charge in [-0.25, -0.2) is 0 Å². The number of allylic oxidation sites excluding steroid dienone is 7. The highest BCUT2D eigenvalue weighted by Crippen LogP contribution is 2.18. The second-order valence-corrected chi connectivity index (χ2v) is 24.6. The zero-order chi connectivity index (χ0) is 57.8.